The number of halogens is 1. The van der Waals surface area contributed by atoms with Crippen molar-refractivity contribution in [3.8, 4) is 11.1 Å². The van der Waals surface area contributed by atoms with Crippen LogP contribution in [0.25, 0.3) is 22.0 Å². The third kappa shape index (κ3) is 5.80. The highest BCUT2D eigenvalue weighted by atomic mass is 32.1. The molecule has 0 saturated carbocycles. The molecule has 0 radical (unpaired) electrons. The SMILES string of the molecule is COCCN1CCC(c2ccc(-c3cc(C)c4cn(C(C(=O)Nc5nccs5)c5ncn6c5C[C@@H](F)C6)nc4c3C)cc2)CC1. The Balaban J connectivity index is 1.19. The van der Waals surface area contributed by atoms with E-state index in [1.54, 1.807) is 28.9 Å². The summed E-state index contributed by atoms with van der Waals surface area (Å²) in [6.07, 6.45) is 6.74. The van der Waals surface area contributed by atoms with E-state index in [2.05, 4.69) is 64.4 Å². The minimum absolute atomic E-state index is 0.224. The third-order valence-corrected chi connectivity index (χ3v) is 10.1. The Hall–Kier alpha value is -3.93. The van der Waals surface area contributed by atoms with Crippen molar-refractivity contribution in [2.24, 2.45) is 0 Å². The van der Waals surface area contributed by atoms with Gasteiger partial charge in [-0.15, -0.1) is 11.3 Å². The number of imidazole rings is 1. The second kappa shape index (κ2) is 12.5. The van der Waals surface area contributed by atoms with Gasteiger partial charge < -0.3 is 14.2 Å². The summed E-state index contributed by atoms with van der Waals surface area (Å²) in [6.45, 7) is 8.41. The van der Waals surface area contributed by atoms with E-state index >= 15 is 0 Å². The van der Waals surface area contributed by atoms with E-state index in [0.717, 1.165) is 77.9 Å². The Kier molecular flexibility index (Phi) is 8.24. The second-order valence-corrected chi connectivity index (χ2v) is 13.1. The highest BCUT2D eigenvalue weighted by Crippen LogP contribution is 2.36. The molecule has 2 aliphatic rings. The number of thiazole rings is 1. The summed E-state index contributed by atoms with van der Waals surface area (Å²) in [6, 6.07) is 10.3. The van der Waals surface area contributed by atoms with Gasteiger partial charge >= 0.3 is 0 Å². The zero-order chi connectivity index (χ0) is 31.1. The number of alkyl halides is 1. The van der Waals surface area contributed by atoms with Gasteiger partial charge in [0.15, 0.2) is 11.2 Å². The number of anilines is 1. The van der Waals surface area contributed by atoms with E-state index in [4.69, 9.17) is 9.84 Å². The fourth-order valence-corrected chi connectivity index (χ4v) is 7.44. The fraction of sp³-hybridized carbons (Fsp3) is 0.412. The van der Waals surface area contributed by atoms with Crippen LogP contribution >= 0.6 is 11.3 Å². The van der Waals surface area contributed by atoms with Crippen LogP contribution in [0.2, 0.25) is 0 Å². The lowest BCUT2D eigenvalue weighted by atomic mass is 9.88. The maximum Gasteiger partial charge on any atom is 0.257 e. The van der Waals surface area contributed by atoms with Gasteiger partial charge in [-0.2, -0.15) is 5.10 Å². The summed E-state index contributed by atoms with van der Waals surface area (Å²) in [5.74, 6) is 0.264. The Morgan fingerprint density at radius 2 is 1.98 bits per heavy atom. The fourth-order valence-electron chi connectivity index (χ4n) is 6.91. The highest BCUT2D eigenvalue weighted by Gasteiger charge is 2.34. The van der Waals surface area contributed by atoms with E-state index in [9.17, 15) is 9.18 Å². The Bertz CT molecular complexity index is 1810. The monoisotopic (exact) mass is 627 g/mol. The Morgan fingerprint density at radius 3 is 2.71 bits per heavy atom. The molecule has 1 unspecified atom stereocenters. The van der Waals surface area contributed by atoms with Crippen molar-refractivity contribution in [2.45, 2.75) is 57.8 Å². The second-order valence-electron chi connectivity index (χ2n) is 12.2. The molecule has 2 aromatic carbocycles. The largest absolute Gasteiger partial charge is 0.383 e. The van der Waals surface area contributed by atoms with Crippen LogP contribution in [-0.4, -0.2) is 74.6 Å². The molecule has 0 bridgehead atoms. The van der Waals surface area contributed by atoms with E-state index in [-0.39, 0.29) is 18.9 Å². The zero-order valence-corrected chi connectivity index (χ0v) is 26.7. The third-order valence-electron chi connectivity index (χ3n) is 9.39. The Morgan fingerprint density at radius 1 is 1.18 bits per heavy atom. The minimum Gasteiger partial charge on any atom is -0.383 e. The molecule has 45 heavy (non-hydrogen) atoms. The number of hydrogen-bond acceptors (Lipinski definition) is 7. The molecule has 0 aliphatic carbocycles. The number of carbonyl (C=O) groups excluding carboxylic acids is 1. The van der Waals surface area contributed by atoms with Gasteiger partial charge in [0, 0.05) is 48.9 Å². The number of piperidine rings is 1. The minimum atomic E-state index is -0.992. The van der Waals surface area contributed by atoms with Crippen molar-refractivity contribution < 1.29 is 13.9 Å². The summed E-state index contributed by atoms with van der Waals surface area (Å²) < 4.78 is 23.1. The highest BCUT2D eigenvalue weighted by molar-refractivity contribution is 7.13. The molecule has 0 spiro atoms. The first-order valence-corrected chi connectivity index (χ1v) is 16.5. The molecule has 5 heterocycles. The number of benzene rings is 2. The number of hydrogen-bond donors (Lipinski definition) is 1. The summed E-state index contributed by atoms with van der Waals surface area (Å²) in [5.41, 5.74) is 7.87. The van der Waals surface area contributed by atoms with E-state index < -0.39 is 12.2 Å². The number of fused-ring (bicyclic) bond motifs is 2. The maximum atomic E-state index is 14.4. The van der Waals surface area contributed by atoms with E-state index in [1.807, 2.05) is 11.6 Å². The average Bonchev–Trinajstić information content (AvgIpc) is 3.85. The lowest BCUT2D eigenvalue weighted by Crippen LogP contribution is -2.35. The number of amides is 1. The average molecular weight is 628 g/mol. The Labute approximate surface area is 266 Å². The van der Waals surface area contributed by atoms with Crippen LogP contribution in [0.1, 0.15) is 52.9 Å². The van der Waals surface area contributed by atoms with Crippen molar-refractivity contribution in [1.29, 1.82) is 0 Å². The number of aryl methyl sites for hydroxylation is 2. The molecule has 3 aromatic heterocycles. The number of nitrogens with one attached hydrogen (secondary N) is 1. The normalized spacial score (nSPS) is 18.0. The quantitative estimate of drug-likeness (QED) is 0.218. The molecule has 5 aromatic rings. The van der Waals surface area contributed by atoms with Crippen LogP contribution in [0.3, 0.4) is 0 Å². The van der Waals surface area contributed by atoms with Gasteiger partial charge in [-0.1, -0.05) is 30.3 Å². The van der Waals surface area contributed by atoms with Gasteiger partial charge in [-0.3, -0.25) is 14.8 Å². The number of carbonyl (C=O) groups is 1. The summed E-state index contributed by atoms with van der Waals surface area (Å²) in [5, 5.41) is 11.2. The lowest BCUT2D eigenvalue weighted by molar-refractivity contribution is -0.118. The first kappa shape index (κ1) is 29.8. The first-order chi connectivity index (χ1) is 21.9. The van der Waals surface area contributed by atoms with Crippen LogP contribution in [-0.2, 0) is 22.5 Å². The predicted molar refractivity (Wildman–Crippen MR) is 175 cm³/mol. The van der Waals surface area contributed by atoms with Crippen LogP contribution in [0, 0.1) is 13.8 Å². The van der Waals surface area contributed by atoms with E-state index in [0.29, 0.717) is 16.7 Å². The summed E-state index contributed by atoms with van der Waals surface area (Å²) in [7, 11) is 1.76. The van der Waals surface area contributed by atoms with Crippen molar-refractivity contribution >= 4 is 33.3 Å². The molecular weight excluding hydrogens is 589 g/mol. The van der Waals surface area contributed by atoms with Gasteiger partial charge in [-0.05, 0) is 73.5 Å². The number of likely N-dealkylation sites (tertiary alicyclic amines) is 1. The van der Waals surface area contributed by atoms with Crippen LogP contribution in [0.15, 0.2) is 54.4 Å². The molecule has 7 rings (SSSR count). The molecule has 234 valence electrons. The topological polar surface area (TPSA) is 90.1 Å². The first-order valence-electron chi connectivity index (χ1n) is 15.6. The molecule has 1 fully saturated rings. The van der Waals surface area contributed by atoms with Crippen molar-refractivity contribution in [3.63, 3.8) is 0 Å². The standard InChI is InChI=1S/C34H38FN7O2S/c1-21-16-27(25-6-4-23(5-7-25)24-8-11-40(12-9-24)13-14-44-3)22(2)30-28(21)19-42(39-30)32(33(43)38-34-36-10-15-45-34)31-29-17-26(35)18-41(29)20-37-31/h4-7,10,15-16,19-20,24,26,32H,8-9,11-14,17-18H2,1-3H3,(H,36,38,43)/t26-,32?/m1/s1. The molecule has 1 N–H and O–H groups in total. The van der Waals surface area contributed by atoms with E-state index in [1.165, 1.54) is 16.9 Å². The van der Waals surface area contributed by atoms with Gasteiger partial charge in [0.1, 0.15) is 6.17 Å². The maximum absolute atomic E-state index is 14.4. The molecule has 2 atom stereocenters. The number of rotatable bonds is 9. The molecule has 11 heteroatoms. The number of aromatic nitrogens is 5. The van der Waals surface area contributed by atoms with Crippen molar-refractivity contribution in [1.82, 2.24) is 29.2 Å². The molecular formula is C34H38FN7O2S. The molecule has 1 saturated heterocycles. The van der Waals surface area contributed by atoms with Crippen molar-refractivity contribution in [2.75, 3.05) is 38.7 Å². The molecule has 1 amide bonds. The van der Waals surface area contributed by atoms with Gasteiger partial charge in [0.25, 0.3) is 5.91 Å². The summed E-state index contributed by atoms with van der Waals surface area (Å²) in [4.78, 5) is 25.1. The smallest absolute Gasteiger partial charge is 0.257 e. The molecule has 9 nitrogen and oxygen atoms in total. The predicted octanol–water partition coefficient (Wildman–Crippen LogP) is 5.92. The van der Waals surface area contributed by atoms with Crippen molar-refractivity contribution in [3.05, 3.63) is 82.5 Å². The zero-order valence-electron chi connectivity index (χ0n) is 25.9. The van der Waals surface area contributed by atoms with Gasteiger partial charge in [0.05, 0.1) is 30.7 Å². The number of nitrogens with zero attached hydrogens (tertiary/aromatic N) is 6. The van der Waals surface area contributed by atoms with Crippen LogP contribution in [0.5, 0.6) is 0 Å². The van der Waals surface area contributed by atoms with Gasteiger partial charge in [0.2, 0.25) is 0 Å². The number of methoxy groups -OCH3 is 1. The van der Waals surface area contributed by atoms with Gasteiger partial charge in [-0.25, -0.2) is 14.4 Å². The molecule has 2 aliphatic heterocycles. The van der Waals surface area contributed by atoms with Crippen LogP contribution < -0.4 is 5.32 Å². The lowest BCUT2D eigenvalue weighted by Gasteiger charge is -2.32. The number of ether oxygens (including phenoxy) is 1. The van der Waals surface area contributed by atoms with Crippen LogP contribution in [0.4, 0.5) is 9.52 Å². The summed E-state index contributed by atoms with van der Waals surface area (Å²) >= 11 is 1.34.